The van der Waals surface area contributed by atoms with Gasteiger partial charge in [0.2, 0.25) is 5.91 Å². The lowest BCUT2D eigenvalue weighted by Gasteiger charge is -2.30. The molecule has 5 heteroatoms. The lowest BCUT2D eigenvalue weighted by molar-refractivity contribution is -0.884. The number of quaternary nitrogens is 1. The Morgan fingerprint density at radius 1 is 1.18 bits per heavy atom. The topological polar surface area (TPSA) is 32.8 Å². The zero-order valence-corrected chi connectivity index (χ0v) is 26.1. The molecule has 1 saturated heterocycles. The molecule has 5 nitrogen and oxygen atoms in total. The number of hydrogen-bond acceptors (Lipinski definition) is 3. The quantitative estimate of drug-likeness (QED) is 0.217. The number of likely N-dealkylation sites (tertiary alicyclic amines) is 1. The molecular weight excluding hydrogens is 494 g/mol. The molecule has 2 aliphatic rings. The largest absolute Gasteiger partial charge is 0.493 e. The van der Waals surface area contributed by atoms with Crippen LogP contribution in [0.1, 0.15) is 76.0 Å². The fourth-order valence-electron chi connectivity index (χ4n) is 6.53. The zero-order chi connectivity index (χ0) is 28.9. The molecule has 3 atom stereocenters. The number of anilines is 1. The van der Waals surface area contributed by atoms with E-state index in [-0.39, 0.29) is 5.91 Å². The van der Waals surface area contributed by atoms with Gasteiger partial charge in [0, 0.05) is 36.8 Å². The molecule has 1 unspecified atom stereocenters. The molecule has 0 radical (unpaired) electrons. The van der Waals surface area contributed by atoms with E-state index < -0.39 is 0 Å². The molecule has 2 aromatic rings. The molecule has 0 N–H and O–H groups in total. The maximum atomic E-state index is 14.1. The van der Waals surface area contributed by atoms with Crippen LogP contribution in [-0.4, -0.2) is 68.7 Å². The van der Waals surface area contributed by atoms with Crippen molar-refractivity contribution in [3.8, 4) is 5.75 Å². The van der Waals surface area contributed by atoms with E-state index in [9.17, 15) is 4.79 Å². The van der Waals surface area contributed by atoms with Crippen LogP contribution in [0.25, 0.3) is 0 Å². The van der Waals surface area contributed by atoms with Crippen molar-refractivity contribution in [2.24, 2.45) is 5.92 Å². The first-order valence-corrected chi connectivity index (χ1v) is 15.4. The summed E-state index contributed by atoms with van der Waals surface area (Å²) < 4.78 is 6.63. The van der Waals surface area contributed by atoms with Crippen LogP contribution in [0.3, 0.4) is 0 Å². The van der Waals surface area contributed by atoms with E-state index in [4.69, 9.17) is 4.74 Å². The monoisotopic (exact) mass is 546 g/mol. The summed E-state index contributed by atoms with van der Waals surface area (Å²) in [5.41, 5.74) is 6.40. The third-order valence-corrected chi connectivity index (χ3v) is 8.23. The van der Waals surface area contributed by atoms with Crippen LogP contribution < -0.4 is 9.64 Å². The fourth-order valence-corrected chi connectivity index (χ4v) is 6.53. The number of benzene rings is 2. The van der Waals surface area contributed by atoms with Crippen LogP contribution >= 0.6 is 0 Å². The average molecular weight is 547 g/mol. The second kappa shape index (κ2) is 13.4. The number of carbonyl (C=O) groups excluding carboxylic acids is 1. The Kier molecular flexibility index (Phi) is 10.1. The number of amides is 1. The number of carbonyl (C=O) groups is 1. The normalized spacial score (nSPS) is 19.7. The van der Waals surface area contributed by atoms with Crippen LogP contribution in [0.4, 0.5) is 5.69 Å². The Morgan fingerprint density at radius 3 is 2.70 bits per heavy atom. The summed E-state index contributed by atoms with van der Waals surface area (Å²) in [5, 5.41) is 0. The maximum Gasteiger partial charge on any atom is 0.241 e. The molecule has 218 valence electrons. The van der Waals surface area contributed by atoms with Gasteiger partial charge in [0.15, 0.2) is 0 Å². The van der Waals surface area contributed by atoms with E-state index in [2.05, 4.69) is 107 Å². The number of hydrogen-bond donors (Lipinski definition) is 0. The summed E-state index contributed by atoms with van der Waals surface area (Å²) >= 11 is 0. The van der Waals surface area contributed by atoms with Crippen LogP contribution in [0, 0.1) is 5.92 Å². The van der Waals surface area contributed by atoms with Crippen molar-refractivity contribution in [3.05, 3.63) is 70.8 Å². The minimum atomic E-state index is 0.221. The van der Waals surface area contributed by atoms with Gasteiger partial charge in [-0.1, -0.05) is 56.2 Å². The second-order valence-corrected chi connectivity index (χ2v) is 13.5. The Labute approximate surface area is 243 Å². The standard InChI is InChI=1S/C35H52N3O2/c1-8-9-16-37(32-12-10-11-28(20-32)25-38(5,6)7)35(39)24-36-23-31(22-33(36)19-27(4)18-26(2)3)29-13-14-34-30(21-29)15-17-40-34/h10-14,18,20-21,27,31,33H,8-9,15-17,19,22-25H2,1-7H3/q+1/t27-,31?,33+/m1/s1. The zero-order valence-electron chi connectivity index (χ0n) is 26.1. The maximum absolute atomic E-state index is 14.1. The highest BCUT2D eigenvalue weighted by Crippen LogP contribution is 2.37. The predicted molar refractivity (Wildman–Crippen MR) is 167 cm³/mol. The van der Waals surface area contributed by atoms with E-state index >= 15 is 0 Å². The van der Waals surface area contributed by atoms with Crippen molar-refractivity contribution in [1.29, 1.82) is 0 Å². The number of nitrogens with zero attached hydrogens (tertiary/aromatic N) is 3. The van der Waals surface area contributed by atoms with Crippen molar-refractivity contribution in [2.75, 3.05) is 52.3 Å². The van der Waals surface area contributed by atoms with E-state index in [1.165, 1.54) is 22.3 Å². The molecule has 2 heterocycles. The summed E-state index contributed by atoms with van der Waals surface area (Å²) in [5.74, 6) is 2.20. The van der Waals surface area contributed by atoms with Gasteiger partial charge in [0.05, 0.1) is 34.3 Å². The summed E-state index contributed by atoms with van der Waals surface area (Å²) in [4.78, 5) is 18.6. The van der Waals surface area contributed by atoms with Gasteiger partial charge < -0.3 is 14.1 Å². The van der Waals surface area contributed by atoms with Gasteiger partial charge in [-0.2, -0.15) is 0 Å². The van der Waals surface area contributed by atoms with E-state index in [0.29, 0.717) is 24.4 Å². The van der Waals surface area contributed by atoms with Crippen molar-refractivity contribution in [2.45, 2.75) is 78.3 Å². The van der Waals surface area contributed by atoms with Gasteiger partial charge in [0.25, 0.3) is 0 Å². The third-order valence-electron chi connectivity index (χ3n) is 8.23. The highest BCUT2D eigenvalue weighted by molar-refractivity contribution is 5.95. The molecule has 1 amide bonds. The van der Waals surface area contributed by atoms with E-state index in [1.54, 1.807) is 0 Å². The highest BCUT2D eigenvalue weighted by atomic mass is 16.5. The van der Waals surface area contributed by atoms with E-state index in [0.717, 1.165) is 74.3 Å². The van der Waals surface area contributed by atoms with Crippen LogP contribution in [0.15, 0.2) is 54.1 Å². The van der Waals surface area contributed by atoms with Gasteiger partial charge in [-0.15, -0.1) is 0 Å². The molecule has 4 rings (SSSR count). The minimum Gasteiger partial charge on any atom is -0.493 e. The number of fused-ring (bicyclic) bond motifs is 1. The lowest BCUT2D eigenvalue weighted by atomic mass is 9.91. The first-order chi connectivity index (χ1) is 19.0. The van der Waals surface area contributed by atoms with Crippen molar-refractivity contribution in [1.82, 2.24) is 4.90 Å². The lowest BCUT2D eigenvalue weighted by Crippen LogP contribution is -2.43. The summed E-state index contributed by atoms with van der Waals surface area (Å²) in [6.45, 7) is 12.8. The van der Waals surface area contributed by atoms with Gasteiger partial charge in [-0.25, -0.2) is 0 Å². The minimum absolute atomic E-state index is 0.221. The van der Waals surface area contributed by atoms with Crippen molar-refractivity contribution < 1.29 is 14.0 Å². The molecule has 40 heavy (non-hydrogen) atoms. The highest BCUT2D eigenvalue weighted by Gasteiger charge is 2.36. The summed E-state index contributed by atoms with van der Waals surface area (Å²) in [6.07, 6.45) is 7.63. The molecule has 2 aliphatic heterocycles. The van der Waals surface area contributed by atoms with E-state index in [1.807, 2.05) is 0 Å². The van der Waals surface area contributed by atoms with Gasteiger partial charge in [0.1, 0.15) is 12.3 Å². The Bertz CT molecular complexity index is 1180. The Morgan fingerprint density at radius 2 is 1.98 bits per heavy atom. The summed E-state index contributed by atoms with van der Waals surface area (Å²) in [6, 6.07) is 15.8. The van der Waals surface area contributed by atoms with Crippen LogP contribution in [0.2, 0.25) is 0 Å². The fraction of sp³-hybridized carbons (Fsp3) is 0.571. The molecule has 1 fully saturated rings. The van der Waals surface area contributed by atoms with Gasteiger partial charge in [-0.05, 0) is 74.3 Å². The Hall–Kier alpha value is -2.63. The van der Waals surface area contributed by atoms with Crippen LogP contribution in [-0.2, 0) is 17.8 Å². The first kappa shape index (κ1) is 30.3. The SMILES string of the molecule is CCCCN(C(=O)CN1CC(c2ccc3c(c2)CCO3)C[C@@H]1C[C@H](C)C=C(C)C)c1cccc(C[N+](C)(C)C)c1. The number of unbranched alkanes of at least 4 members (excludes halogenated alkanes) is 1. The average Bonchev–Trinajstić information content (AvgIpc) is 3.49. The van der Waals surface area contributed by atoms with Gasteiger partial charge in [-0.3, -0.25) is 9.69 Å². The molecule has 0 aliphatic carbocycles. The second-order valence-electron chi connectivity index (χ2n) is 13.5. The third kappa shape index (κ3) is 8.20. The molecule has 2 aromatic carbocycles. The Balaban J connectivity index is 1.55. The number of ether oxygens (including phenoxy) is 1. The first-order valence-electron chi connectivity index (χ1n) is 15.4. The predicted octanol–water partition coefficient (Wildman–Crippen LogP) is 6.81. The van der Waals surface area contributed by atoms with Crippen LogP contribution in [0.5, 0.6) is 5.75 Å². The summed E-state index contributed by atoms with van der Waals surface area (Å²) in [7, 11) is 6.63. The number of rotatable bonds is 12. The molecule has 0 aromatic heterocycles. The molecule has 0 spiro atoms. The molecule has 0 bridgehead atoms. The molecule has 0 saturated carbocycles. The smallest absolute Gasteiger partial charge is 0.241 e. The molecular formula is C35H52N3O2+. The van der Waals surface area contributed by atoms with Crippen molar-refractivity contribution >= 4 is 11.6 Å². The van der Waals surface area contributed by atoms with Gasteiger partial charge >= 0.3 is 0 Å². The number of allylic oxidation sites excluding steroid dienone is 2. The van der Waals surface area contributed by atoms with Crippen molar-refractivity contribution in [3.63, 3.8) is 0 Å².